The number of aromatic nitrogens is 1. The maximum Gasteiger partial charge on any atom is 0.226 e. The lowest BCUT2D eigenvalue weighted by Crippen LogP contribution is -2.29. The van der Waals surface area contributed by atoms with Crippen molar-refractivity contribution in [3.63, 3.8) is 0 Å². The third-order valence-corrected chi connectivity index (χ3v) is 4.62. The number of aryl methyl sites for hydroxylation is 1. The van der Waals surface area contributed by atoms with Crippen LogP contribution in [0.1, 0.15) is 30.9 Å². The molecule has 3 N–H and O–H groups in total. The van der Waals surface area contributed by atoms with Crippen LogP contribution in [-0.2, 0) is 9.59 Å². The standard InChI is InChI=1S/C18H24N4O2/c1-13-10-17-14(5-9-22(17)15-2-6-19-7-3-15)11-16(13)21-18(24)4-8-20-12-23/h5,9-12,15,19H,2-4,6-8H2,1H3,(H,20,23)(H,21,24). The van der Waals surface area contributed by atoms with Gasteiger partial charge in [-0.25, -0.2) is 0 Å². The molecule has 1 aliphatic rings. The van der Waals surface area contributed by atoms with Crippen molar-refractivity contribution in [3.05, 3.63) is 30.0 Å². The van der Waals surface area contributed by atoms with Crippen LogP contribution in [0.25, 0.3) is 10.9 Å². The Bertz CT molecular complexity index is 732. The number of rotatable bonds is 6. The second-order valence-electron chi connectivity index (χ2n) is 6.30. The number of piperidine rings is 1. The van der Waals surface area contributed by atoms with Crippen LogP contribution < -0.4 is 16.0 Å². The van der Waals surface area contributed by atoms with Gasteiger partial charge in [0.05, 0.1) is 0 Å². The normalized spacial score (nSPS) is 15.4. The van der Waals surface area contributed by atoms with Gasteiger partial charge in [0.2, 0.25) is 12.3 Å². The molecule has 0 spiro atoms. The quantitative estimate of drug-likeness (QED) is 0.560. The fourth-order valence-electron chi connectivity index (χ4n) is 3.30. The third-order valence-electron chi connectivity index (χ3n) is 4.62. The number of carbonyl (C=O) groups excluding carboxylic acids is 2. The Balaban J connectivity index is 1.78. The molecule has 0 unspecified atom stereocenters. The zero-order valence-corrected chi connectivity index (χ0v) is 14.0. The molecule has 0 saturated carbocycles. The van der Waals surface area contributed by atoms with Crippen LogP contribution >= 0.6 is 0 Å². The number of nitrogens with zero attached hydrogens (tertiary/aromatic N) is 1. The van der Waals surface area contributed by atoms with Crippen molar-refractivity contribution >= 4 is 28.9 Å². The van der Waals surface area contributed by atoms with E-state index in [0.717, 1.165) is 42.6 Å². The van der Waals surface area contributed by atoms with E-state index in [0.29, 0.717) is 19.0 Å². The highest BCUT2D eigenvalue weighted by atomic mass is 16.1. The van der Waals surface area contributed by atoms with E-state index in [1.165, 1.54) is 5.52 Å². The third kappa shape index (κ3) is 3.59. The van der Waals surface area contributed by atoms with Crippen molar-refractivity contribution in [2.45, 2.75) is 32.2 Å². The molecule has 6 nitrogen and oxygen atoms in total. The Hall–Kier alpha value is -2.34. The van der Waals surface area contributed by atoms with Gasteiger partial charge in [0.25, 0.3) is 0 Å². The van der Waals surface area contributed by atoms with Crippen LogP contribution in [0.15, 0.2) is 24.4 Å². The molecule has 3 rings (SSSR count). The lowest BCUT2D eigenvalue weighted by molar-refractivity contribution is -0.116. The molecule has 2 amide bonds. The minimum atomic E-state index is -0.0930. The molecule has 24 heavy (non-hydrogen) atoms. The van der Waals surface area contributed by atoms with E-state index in [9.17, 15) is 9.59 Å². The van der Waals surface area contributed by atoms with Gasteiger partial charge in [-0.2, -0.15) is 0 Å². The number of benzene rings is 1. The minimum absolute atomic E-state index is 0.0930. The highest BCUT2D eigenvalue weighted by molar-refractivity contribution is 5.95. The molecule has 0 bridgehead atoms. The van der Waals surface area contributed by atoms with Crippen molar-refractivity contribution in [3.8, 4) is 0 Å². The van der Waals surface area contributed by atoms with Crippen LogP contribution in [-0.4, -0.2) is 36.5 Å². The molecule has 1 aromatic carbocycles. The summed E-state index contributed by atoms with van der Waals surface area (Å²) < 4.78 is 2.36. The van der Waals surface area contributed by atoms with E-state index in [4.69, 9.17) is 0 Å². The second kappa shape index (κ2) is 7.49. The van der Waals surface area contributed by atoms with Gasteiger partial charge in [0.15, 0.2) is 0 Å². The van der Waals surface area contributed by atoms with E-state index in [1.807, 2.05) is 13.0 Å². The Labute approximate surface area is 141 Å². The van der Waals surface area contributed by atoms with Gasteiger partial charge in [0.1, 0.15) is 0 Å². The lowest BCUT2D eigenvalue weighted by atomic mass is 10.1. The fourth-order valence-corrected chi connectivity index (χ4v) is 3.30. The molecule has 0 aliphatic carbocycles. The molecular formula is C18H24N4O2. The summed E-state index contributed by atoms with van der Waals surface area (Å²) in [7, 11) is 0. The van der Waals surface area contributed by atoms with Gasteiger partial charge in [-0.15, -0.1) is 0 Å². The monoisotopic (exact) mass is 328 g/mol. The zero-order chi connectivity index (χ0) is 16.9. The average Bonchev–Trinajstić information content (AvgIpc) is 2.99. The SMILES string of the molecule is Cc1cc2c(ccn2C2CCNCC2)cc1NC(=O)CCNC=O. The number of nitrogens with one attached hydrogen (secondary N) is 3. The van der Waals surface area contributed by atoms with Crippen LogP contribution in [0.3, 0.4) is 0 Å². The van der Waals surface area contributed by atoms with E-state index < -0.39 is 0 Å². The first-order valence-corrected chi connectivity index (χ1v) is 8.48. The summed E-state index contributed by atoms with van der Waals surface area (Å²) in [6.07, 6.45) is 5.32. The van der Waals surface area contributed by atoms with Crippen LogP contribution in [0.5, 0.6) is 0 Å². The largest absolute Gasteiger partial charge is 0.358 e. The lowest BCUT2D eigenvalue weighted by Gasteiger charge is -2.25. The van der Waals surface area contributed by atoms with E-state index in [-0.39, 0.29) is 12.3 Å². The molecule has 1 fully saturated rings. The van der Waals surface area contributed by atoms with Gasteiger partial charge < -0.3 is 20.5 Å². The van der Waals surface area contributed by atoms with Gasteiger partial charge >= 0.3 is 0 Å². The highest BCUT2D eigenvalue weighted by Crippen LogP contribution is 2.29. The Morgan fingerprint density at radius 1 is 1.38 bits per heavy atom. The smallest absolute Gasteiger partial charge is 0.226 e. The summed E-state index contributed by atoms with van der Waals surface area (Å²) in [4.78, 5) is 22.2. The number of fused-ring (bicyclic) bond motifs is 1. The van der Waals surface area contributed by atoms with E-state index in [2.05, 4.69) is 38.8 Å². The first-order valence-electron chi connectivity index (χ1n) is 8.48. The summed E-state index contributed by atoms with van der Waals surface area (Å²) in [6.45, 7) is 4.49. The number of amides is 2. The average molecular weight is 328 g/mol. The van der Waals surface area contributed by atoms with E-state index >= 15 is 0 Å². The summed E-state index contributed by atoms with van der Waals surface area (Å²) in [5.74, 6) is -0.0930. The molecule has 2 heterocycles. The van der Waals surface area contributed by atoms with Gasteiger partial charge in [0, 0.05) is 41.8 Å². The minimum Gasteiger partial charge on any atom is -0.358 e. The highest BCUT2D eigenvalue weighted by Gasteiger charge is 2.17. The second-order valence-corrected chi connectivity index (χ2v) is 6.30. The molecule has 2 aromatic rings. The van der Waals surface area contributed by atoms with Crippen molar-refractivity contribution in [2.24, 2.45) is 0 Å². The molecule has 1 aromatic heterocycles. The van der Waals surface area contributed by atoms with Gasteiger partial charge in [-0.1, -0.05) is 0 Å². The predicted octanol–water partition coefficient (Wildman–Crippen LogP) is 1.95. The number of carbonyl (C=O) groups is 2. The first-order chi connectivity index (χ1) is 11.7. The van der Waals surface area contributed by atoms with Crippen molar-refractivity contribution in [2.75, 3.05) is 25.0 Å². The van der Waals surface area contributed by atoms with Crippen LogP contribution in [0.2, 0.25) is 0 Å². The molecule has 128 valence electrons. The van der Waals surface area contributed by atoms with Crippen molar-refractivity contribution < 1.29 is 9.59 Å². The molecule has 6 heteroatoms. The summed E-state index contributed by atoms with van der Waals surface area (Å²) in [5.41, 5.74) is 3.11. The Morgan fingerprint density at radius 3 is 2.92 bits per heavy atom. The zero-order valence-electron chi connectivity index (χ0n) is 14.0. The predicted molar refractivity (Wildman–Crippen MR) is 95.1 cm³/mol. The molecule has 1 saturated heterocycles. The summed E-state index contributed by atoms with van der Waals surface area (Å²) in [6, 6.07) is 6.84. The number of anilines is 1. The van der Waals surface area contributed by atoms with Crippen molar-refractivity contribution in [1.29, 1.82) is 0 Å². The van der Waals surface area contributed by atoms with Crippen LogP contribution in [0.4, 0.5) is 5.69 Å². The van der Waals surface area contributed by atoms with Gasteiger partial charge in [-0.3, -0.25) is 9.59 Å². The Kier molecular flexibility index (Phi) is 5.15. The molecular weight excluding hydrogens is 304 g/mol. The molecule has 1 aliphatic heterocycles. The fraction of sp³-hybridized carbons (Fsp3) is 0.444. The van der Waals surface area contributed by atoms with Crippen LogP contribution in [0, 0.1) is 6.92 Å². The maximum atomic E-state index is 11.9. The Morgan fingerprint density at radius 2 is 2.17 bits per heavy atom. The molecule has 0 atom stereocenters. The summed E-state index contributed by atoms with van der Waals surface area (Å²) >= 11 is 0. The first kappa shape index (κ1) is 16.5. The number of hydrogen-bond donors (Lipinski definition) is 3. The molecule has 0 radical (unpaired) electrons. The summed E-state index contributed by atoms with van der Waals surface area (Å²) in [5, 5.41) is 9.97. The van der Waals surface area contributed by atoms with Crippen molar-refractivity contribution in [1.82, 2.24) is 15.2 Å². The number of hydrogen-bond acceptors (Lipinski definition) is 3. The topological polar surface area (TPSA) is 75.2 Å². The maximum absolute atomic E-state index is 11.9. The van der Waals surface area contributed by atoms with Gasteiger partial charge in [-0.05, 0) is 56.6 Å². The van der Waals surface area contributed by atoms with E-state index in [1.54, 1.807) is 0 Å².